The second-order valence-electron chi connectivity index (χ2n) is 14.6. The third kappa shape index (κ3) is 5.77. The van der Waals surface area contributed by atoms with Gasteiger partial charge in [-0.15, -0.1) is 0 Å². The van der Waals surface area contributed by atoms with Gasteiger partial charge in [-0.3, -0.25) is 0 Å². The van der Waals surface area contributed by atoms with Gasteiger partial charge < -0.3 is 0 Å². The molecule has 0 heteroatoms. The summed E-state index contributed by atoms with van der Waals surface area (Å²) in [5.41, 5.74) is 3.16. The van der Waals surface area contributed by atoms with Crippen molar-refractivity contribution in [1.29, 1.82) is 0 Å². The number of rotatable bonds is 7. The molecule has 5 rings (SSSR count). The highest BCUT2D eigenvalue weighted by Crippen LogP contribution is 2.67. The van der Waals surface area contributed by atoms with E-state index in [0.717, 1.165) is 41.4 Å². The van der Waals surface area contributed by atoms with Crippen LogP contribution in [0.4, 0.5) is 0 Å². The van der Waals surface area contributed by atoms with Crippen LogP contribution < -0.4 is 0 Å². The Balaban J connectivity index is 0.00000141. The molecule has 4 saturated carbocycles. The maximum atomic E-state index is 2.83. The van der Waals surface area contributed by atoms with E-state index in [1.54, 1.807) is 32.1 Å². The fourth-order valence-electron chi connectivity index (χ4n) is 10.4. The molecule has 0 aromatic carbocycles. The van der Waals surface area contributed by atoms with Gasteiger partial charge in [-0.05, 0) is 116 Å². The lowest BCUT2D eigenvalue weighted by molar-refractivity contribution is -0.0463. The normalized spacial score (nSPS) is 41.3. The summed E-state index contributed by atoms with van der Waals surface area (Å²) >= 11 is 0. The molecule has 0 saturated heterocycles. The van der Waals surface area contributed by atoms with E-state index in [9.17, 15) is 0 Å². The molecule has 0 radical (unpaired) electrons. The first-order valence-electron chi connectivity index (χ1n) is 16.6. The smallest absolute Gasteiger partial charge is 0.00851 e. The molecule has 5 aliphatic rings. The quantitative estimate of drug-likeness (QED) is 0.250. The van der Waals surface area contributed by atoms with Crippen molar-refractivity contribution in [2.45, 2.75) is 157 Å². The lowest BCUT2D eigenvalue weighted by Crippen LogP contribution is -2.50. The molecule has 0 aromatic heterocycles. The number of fused-ring (bicyclic) bond motifs is 5. The Morgan fingerprint density at radius 1 is 0.829 bits per heavy atom. The minimum absolute atomic E-state index is 0.558. The van der Waals surface area contributed by atoms with Crippen molar-refractivity contribution < 1.29 is 0 Å². The highest BCUT2D eigenvalue weighted by atomic mass is 14.6. The Morgan fingerprint density at radius 2 is 1.60 bits per heavy atom. The van der Waals surface area contributed by atoms with Crippen LogP contribution in [0.1, 0.15) is 157 Å². The van der Waals surface area contributed by atoms with E-state index in [1.807, 2.05) is 19.4 Å². The minimum atomic E-state index is 0.558. The first-order chi connectivity index (χ1) is 16.9. The van der Waals surface area contributed by atoms with Crippen LogP contribution in [0.2, 0.25) is 0 Å². The van der Waals surface area contributed by atoms with Crippen LogP contribution in [0.15, 0.2) is 11.6 Å². The zero-order valence-electron chi connectivity index (χ0n) is 24.8. The molecule has 0 N–H and O–H groups in total. The summed E-state index contributed by atoms with van der Waals surface area (Å²) < 4.78 is 0. The standard InChI is InChI=1S/C33H56.C2H6/c1-24(2)10-8-9-13-27-15-17-30-29-16-14-28-23-26(22-25-11-6-5-7-12-25)18-20-33(28,4)31(29)19-21-32(27,30)3;1-2/h14,24-27,29-31H,5-13,15-23H2,1-4H3;1-2H3. The van der Waals surface area contributed by atoms with Crippen LogP contribution in [0.3, 0.4) is 0 Å². The maximum Gasteiger partial charge on any atom is -0.00851 e. The van der Waals surface area contributed by atoms with Gasteiger partial charge in [0.1, 0.15) is 0 Å². The Bertz CT molecular complexity index is 680. The Morgan fingerprint density at radius 3 is 2.34 bits per heavy atom. The molecule has 5 aliphatic carbocycles. The molecule has 35 heavy (non-hydrogen) atoms. The van der Waals surface area contributed by atoms with Gasteiger partial charge in [-0.25, -0.2) is 0 Å². The van der Waals surface area contributed by atoms with Gasteiger partial charge in [0.05, 0.1) is 0 Å². The Kier molecular flexibility index (Phi) is 9.58. The number of hydrogen-bond donors (Lipinski definition) is 0. The summed E-state index contributed by atoms with van der Waals surface area (Å²) in [4.78, 5) is 0. The first-order valence-corrected chi connectivity index (χ1v) is 16.6. The van der Waals surface area contributed by atoms with Gasteiger partial charge in [0.2, 0.25) is 0 Å². The van der Waals surface area contributed by atoms with E-state index in [1.165, 1.54) is 83.5 Å². The topological polar surface area (TPSA) is 0 Å². The molecule has 7 unspecified atom stereocenters. The van der Waals surface area contributed by atoms with Crippen molar-refractivity contribution in [2.75, 3.05) is 0 Å². The van der Waals surface area contributed by atoms with Crippen molar-refractivity contribution in [3.05, 3.63) is 11.6 Å². The summed E-state index contributed by atoms with van der Waals surface area (Å²) in [6, 6.07) is 0. The van der Waals surface area contributed by atoms with Crippen molar-refractivity contribution in [3.63, 3.8) is 0 Å². The number of hydrogen-bond acceptors (Lipinski definition) is 0. The average Bonchev–Trinajstić information content (AvgIpc) is 3.20. The zero-order valence-corrected chi connectivity index (χ0v) is 24.8. The summed E-state index contributed by atoms with van der Waals surface area (Å²) in [6.45, 7) is 14.3. The van der Waals surface area contributed by atoms with Gasteiger partial charge in [0, 0.05) is 0 Å². The second-order valence-corrected chi connectivity index (χ2v) is 14.6. The van der Waals surface area contributed by atoms with E-state index in [4.69, 9.17) is 0 Å². The molecule has 0 bridgehead atoms. The van der Waals surface area contributed by atoms with E-state index < -0.39 is 0 Å². The van der Waals surface area contributed by atoms with Crippen molar-refractivity contribution >= 4 is 0 Å². The molecular formula is C35H62. The molecule has 0 spiro atoms. The molecule has 4 fully saturated rings. The van der Waals surface area contributed by atoms with Gasteiger partial charge in [0.15, 0.2) is 0 Å². The monoisotopic (exact) mass is 482 g/mol. The zero-order chi connectivity index (χ0) is 25.1. The van der Waals surface area contributed by atoms with Crippen molar-refractivity contribution in [3.8, 4) is 0 Å². The Labute approximate surface area is 220 Å². The lowest BCUT2D eigenvalue weighted by atomic mass is 9.46. The van der Waals surface area contributed by atoms with Gasteiger partial charge in [-0.1, -0.05) is 105 Å². The molecule has 0 nitrogen and oxygen atoms in total. The predicted octanol–water partition coefficient (Wildman–Crippen LogP) is 11.4. The summed E-state index contributed by atoms with van der Waals surface area (Å²) in [5.74, 6) is 7.03. The number of unbranched alkanes of at least 4 members (excludes halogenated alkanes) is 1. The summed E-state index contributed by atoms with van der Waals surface area (Å²) in [6.07, 6.45) is 30.1. The fourth-order valence-corrected chi connectivity index (χ4v) is 10.4. The fraction of sp³-hybridized carbons (Fsp3) is 0.943. The molecule has 0 amide bonds. The van der Waals surface area contributed by atoms with Crippen LogP contribution in [0, 0.1) is 52.3 Å². The molecular weight excluding hydrogens is 420 g/mol. The van der Waals surface area contributed by atoms with Crippen molar-refractivity contribution in [1.82, 2.24) is 0 Å². The van der Waals surface area contributed by atoms with Gasteiger partial charge in [0.25, 0.3) is 0 Å². The van der Waals surface area contributed by atoms with E-state index in [0.29, 0.717) is 10.8 Å². The first kappa shape index (κ1) is 27.8. The SMILES string of the molecule is CC.CC(C)CCCCC1CCC2C3CC=C4CC(CC5CCCCC5)CCC4(C)C3CCC12C. The van der Waals surface area contributed by atoms with E-state index in [-0.39, 0.29) is 0 Å². The predicted molar refractivity (Wildman–Crippen MR) is 155 cm³/mol. The van der Waals surface area contributed by atoms with Crippen LogP contribution in [0.25, 0.3) is 0 Å². The second kappa shape index (κ2) is 12.1. The van der Waals surface area contributed by atoms with Crippen LogP contribution in [0.5, 0.6) is 0 Å². The molecule has 0 heterocycles. The third-order valence-electron chi connectivity index (χ3n) is 12.4. The third-order valence-corrected chi connectivity index (χ3v) is 12.4. The highest BCUT2D eigenvalue weighted by molar-refractivity contribution is 5.25. The number of allylic oxidation sites excluding steroid dienone is 2. The molecule has 7 atom stereocenters. The summed E-state index contributed by atoms with van der Waals surface area (Å²) in [7, 11) is 0. The van der Waals surface area contributed by atoms with Crippen LogP contribution in [-0.2, 0) is 0 Å². The van der Waals surface area contributed by atoms with Crippen molar-refractivity contribution in [2.24, 2.45) is 52.3 Å². The Hall–Kier alpha value is -0.260. The van der Waals surface area contributed by atoms with E-state index >= 15 is 0 Å². The minimum Gasteiger partial charge on any atom is -0.0845 e. The average molecular weight is 483 g/mol. The van der Waals surface area contributed by atoms with Crippen LogP contribution >= 0.6 is 0 Å². The maximum absolute atomic E-state index is 2.83. The highest BCUT2D eigenvalue weighted by Gasteiger charge is 2.58. The largest absolute Gasteiger partial charge is 0.0845 e. The summed E-state index contributed by atoms with van der Waals surface area (Å²) in [5, 5.41) is 0. The molecule has 0 aliphatic heterocycles. The van der Waals surface area contributed by atoms with Crippen LogP contribution in [-0.4, -0.2) is 0 Å². The van der Waals surface area contributed by atoms with Gasteiger partial charge >= 0.3 is 0 Å². The molecule has 202 valence electrons. The van der Waals surface area contributed by atoms with Gasteiger partial charge in [-0.2, -0.15) is 0 Å². The molecule has 0 aromatic rings. The van der Waals surface area contributed by atoms with E-state index in [2.05, 4.69) is 33.8 Å². The lowest BCUT2D eigenvalue weighted by Gasteiger charge is -2.58.